The van der Waals surface area contributed by atoms with Gasteiger partial charge < -0.3 is 14.9 Å². The van der Waals surface area contributed by atoms with Crippen molar-refractivity contribution in [2.45, 2.75) is 13.0 Å². The molecule has 0 saturated carbocycles. The molecule has 0 bridgehead atoms. The van der Waals surface area contributed by atoms with E-state index in [-0.39, 0.29) is 6.04 Å². The van der Waals surface area contributed by atoms with E-state index in [0.29, 0.717) is 0 Å². The van der Waals surface area contributed by atoms with Gasteiger partial charge in [0, 0.05) is 28.6 Å². The lowest BCUT2D eigenvalue weighted by molar-refractivity contribution is 0.414. The maximum Gasteiger partial charge on any atom is 0.138 e. The highest BCUT2D eigenvalue weighted by atomic mass is 32.1. The molecule has 2 N–H and O–H groups in total. The van der Waals surface area contributed by atoms with Crippen LogP contribution in [0.25, 0.3) is 11.0 Å². The summed E-state index contributed by atoms with van der Waals surface area (Å²) in [6.07, 6.45) is 1.75. The molecular formula is C14H14N2O2S. The first-order valence-electron chi connectivity index (χ1n) is 5.92. The Balaban J connectivity index is 2.11. The predicted molar refractivity (Wildman–Crippen MR) is 75.6 cm³/mol. The number of thiazole rings is 1. The maximum absolute atomic E-state index is 6.22. The number of nitrogens with zero attached hydrogens (tertiary/aromatic N) is 1. The van der Waals surface area contributed by atoms with Gasteiger partial charge >= 0.3 is 0 Å². The zero-order chi connectivity index (χ0) is 13.4. The van der Waals surface area contributed by atoms with Gasteiger partial charge in [0.1, 0.15) is 28.1 Å². The number of rotatable bonds is 3. The highest BCUT2D eigenvalue weighted by molar-refractivity contribution is 7.09. The van der Waals surface area contributed by atoms with Crippen molar-refractivity contribution in [1.82, 2.24) is 4.98 Å². The highest BCUT2D eigenvalue weighted by Gasteiger charge is 2.20. The minimum Gasteiger partial charge on any atom is -0.497 e. The van der Waals surface area contributed by atoms with E-state index in [1.807, 2.05) is 30.5 Å². The van der Waals surface area contributed by atoms with Gasteiger partial charge in [0.2, 0.25) is 0 Å². The van der Waals surface area contributed by atoms with E-state index in [1.54, 1.807) is 13.3 Å². The van der Waals surface area contributed by atoms with Crippen molar-refractivity contribution in [3.05, 3.63) is 46.1 Å². The number of aromatic nitrogens is 1. The molecule has 0 spiro atoms. The Labute approximate surface area is 114 Å². The van der Waals surface area contributed by atoms with Crippen LogP contribution in [0.1, 0.15) is 22.4 Å². The summed E-state index contributed by atoms with van der Waals surface area (Å²) in [5, 5.41) is 3.83. The van der Waals surface area contributed by atoms with Crippen molar-refractivity contribution < 1.29 is 9.15 Å². The van der Waals surface area contributed by atoms with Crippen LogP contribution in [0.5, 0.6) is 5.75 Å². The van der Waals surface area contributed by atoms with Gasteiger partial charge in [0.15, 0.2) is 0 Å². The van der Waals surface area contributed by atoms with Crippen molar-refractivity contribution in [2.24, 2.45) is 5.73 Å². The minimum atomic E-state index is -0.321. The lowest BCUT2D eigenvalue weighted by Gasteiger charge is -2.05. The molecule has 4 nitrogen and oxygen atoms in total. The van der Waals surface area contributed by atoms with E-state index < -0.39 is 0 Å². The van der Waals surface area contributed by atoms with Gasteiger partial charge in [-0.25, -0.2) is 4.98 Å². The Hall–Kier alpha value is -1.85. The van der Waals surface area contributed by atoms with E-state index in [1.165, 1.54) is 11.3 Å². The lowest BCUT2D eigenvalue weighted by Crippen LogP contribution is -2.11. The number of hydrogen-bond donors (Lipinski definition) is 1. The monoisotopic (exact) mass is 274 g/mol. The second-order valence-corrected chi connectivity index (χ2v) is 5.23. The molecule has 2 aromatic heterocycles. The van der Waals surface area contributed by atoms with Crippen molar-refractivity contribution in [3.63, 3.8) is 0 Å². The van der Waals surface area contributed by atoms with Crippen LogP contribution in [0.15, 0.2) is 34.2 Å². The number of aryl methyl sites for hydroxylation is 1. The first-order valence-corrected chi connectivity index (χ1v) is 6.80. The number of furan rings is 1. The van der Waals surface area contributed by atoms with Crippen LogP contribution in [0.2, 0.25) is 0 Å². The van der Waals surface area contributed by atoms with Crippen molar-refractivity contribution in [1.29, 1.82) is 0 Å². The van der Waals surface area contributed by atoms with Gasteiger partial charge in [0.05, 0.1) is 7.11 Å². The Morgan fingerprint density at radius 1 is 1.42 bits per heavy atom. The number of fused-ring (bicyclic) bond motifs is 1. The van der Waals surface area contributed by atoms with Crippen LogP contribution in [0.3, 0.4) is 0 Å². The maximum atomic E-state index is 6.22. The summed E-state index contributed by atoms with van der Waals surface area (Å²) >= 11 is 1.53. The first kappa shape index (κ1) is 12.2. The first-order chi connectivity index (χ1) is 9.20. The molecule has 0 radical (unpaired) electrons. The third-order valence-electron chi connectivity index (χ3n) is 3.18. The topological polar surface area (TPSA) is 61.3 Å². The second kappa shape index (κ2) is 4.68. The zero-order valence-corrected chi connectivity index (χ0v) is 11.5. The number of benzene rings is 1. The van der Waals surface area contributed by atoms with E-state index in [4.69, 9.17) is 14.9 Å². The molecule has 5 heteroatoms. The van der Waals surface area contributed by atoms with Gasteiger partial charge in [-0.2, -0.15) is 0 Å². The smallest absolute Gasteiger partial charge is 0.138 e. The SMILES string of the molecule is COc1ccc2c(C)c(C(N)c3nccs3)oc2c1. The Bertz CT molecular complexity index is 704. The standard InChI is InChI=1S/C14H14N2O2S/c1-8-10-4-3-9(17-2)7-11(10)18-13(8)12(15)14-16-5-6-19-14/h3-7,12H,15H2,1-2H3. The summed E-state index contributed by atoms with van der Waals surface area (Å²) in [6.45, 7) is 2.01. The Morgan fingerprint density at radius 2 is 2.26 bits per heavy atom. The highest BCUT2D eigenvalue weighted by Crippen LogP contribution is 2.33. The van der Waals surface area contributed by atoms with Gasteiger partial charge in [0.25, 0.3) is 0 Å². The van der Waals surface area contributed by atoms with Gasteiger partial charge in [-0.3, -0.25) is 0 Å². The largest absolute Gasteiger partial charge is 0.497 e. The van der Waals surface area contributed by atoms with Crippen molar-refractivity contribution in [3.8, 4) is 5.75 Å². The fourth-order valence-electron chi connectivity index (χ4n) is 2.15. The number of ether oxygens (including phenoxy) is 1. The fraction of sp³-hybridized carbons (Fsp3) is 0.214. The van der Waals surface area contributed by atoms with E-state index in [2.05, 4.69) is 4.98 Å². The summed E-state index contributed by atoms with van der Waals surface area (Å²) in [4.78, 5) is 4.25. The van der Waals surface area contributed by atoms with Gasteiger partial charge in [-0.1, -0.05) is 0 Å². The normalized spacial score (nSPS) is 12.8. The molecule has 0 saturated heterocycles. The third-order valence-corrected chi connectivity index (χ3v) is 4.04. The Morgan fingerprint density at radius 3 is 2.95 bits per heavy atom. The summed E-state index contributed by atoms with van der Waals surface area (Å²) in [5.74, 6) is 1.54. The van der Waals surface area contributed by atoms with Crippen LogP contribution in [-0.4, -0.2) is 12.1 Å². The molecule has 19 heavy (non-hydrogen) atoms. The molecule has 1 aromatic carbocycles. The molecule has 3 aromatic rings. The zero-order valence-electron chi connectivity index (χ0n) is 10.7. The average Bonchev–Trinajstić information content (AvgIpc) is 3.06. The van der Waals surface area contributed by atoms with E-state index in [9.17, 15) is 0 Å². The number of hydrogen-bond acceptors (Lipinski definition) is 5. The molecule has 0 aliphatic rings. The number of methoxy groups -OCH3 is 1. The number of nitrogens with two attached hydrogens (primary N) is 1. The average molecular weight is 274 g/mol. The minimum absolute atomic E-state index is 0.321. The van der Waals surface area contributed by atoms with Crippen LogP contribution < -0.4 is 10.5 Å². The molecule has 1 unspecified atom stereocenters. The molecule has 0 aliphatic carbocycles. The molecule has 3 rings (SSSR count). The van der Waals surface area contributed by atoms with Crippen LogP contribution in [0.4, 0.5) is 0 Å². The quantitative estimate of drug-likeness (QED) is 0.796. The molecule has 0 amide bonds. The van der Waals surface area contributed by atoms with E-state index in [0.717, 1.165) is 33.1 Å². The third kappa shape index (κ3) is 2.01. The summed E-state index contributed by atoms with van der Waals surface area (Å²) < 4.78 is 11.1. The van der Waals surface area contributed by atoms with Crippen molar-refractivity contribution in [2.75, 3.05) is 7.11 Å². The molecule has 2 heterocycles. The molecule has 1 atom stereocenters. The fourth-order valence-corrected chi connectivity index (χ4v) is 2.79. The van der Waals surface area contributed by atoms with Crippen molar-refractivity contribution >= 4 is 22.3 Å². The molecular weight excluding hydrogens is 260 g/mol. The summed E-state index contributed by atoms with van der Waals surface area (Å²) in [5.41, 5.74) is 8.07. The van der Waals surface area contributed by atoms with E-state index >= 15 is 0 Å². The lowest BCUT2D eigenvalue weighted by atomic mass is 10.1. The molecule has 0 fully saturated rings. The van der Waals surface area contributed by atoms with Crippen LogP contribution in [0, 0.1) is 6.92 Å². The second-order valence-electron chi connectivity index (χ2n) is 4.30. The predicted octanol–water partition coefficient (Wildman–Crippen LogP) is 3.25. The molecule has 98 valence electrons. The van der Waals surface area contributed by atoms with Gasteiger partial charge in [-0.05, 0) is 19.1 Å². The van der Waals surface area contributed by atoms with Crippen LogP contribution in [-0.2, 0) is 0 Å². The summed E-state index contributed by atoms with van der Waals surface area (Å²) in [7, 11) is 1.64. The van der Waals surface area contributed by atoms with Gasteiger partial charge in [-0.15, -0.1) is 11.3 Å². The van der Waals surface area contributed by atoms with Crippen LogP contribution >= 0.6 is 11.3 Å². The Kier molecular flexibility index (Phi) is 3.00. The summed E-state index contributed by atoms with van der Waals surface area (Å²) in [6, 6.07) is 5.47. The molecule has 0 aliphatic heterocycles.